The lowest BCUT2D eigenvalue weighted by molar-refractivity contribution is 0.365. The van der Waals surface area contributed by atoms with E-state index in [4.69, 9.17) is 11.6 Å². The molecule has 1 aromatic carbocycles. The third kappa shape index (κ3) is 5.22. The predicted octanol–water partition coefficient (Wildman–Crippen LogP) is 5.24. The molecule has 0 radical (unpaired) electrons. The van der Waals surface area contributed by atoms with Crippen LogP contribution in [0.2, 0.25) is 5.02 Å². The number of unbranched alkanes of at least 4 members (excludes halogenated alkanes) is 1. The maximum absolute atomic E-state index is 13.5. The summed E-state index contributed by atoms with van der Waals surface area (Å²) in [6, 6.07) is 7.55. The number of aromatic nitrogens is 2. The fourth-order valence-electron chi connectivity index (χ4n) is 2.35. The first-order valence-corrected chi connectivity index (χ1v) is 10.0. The van der Waals surface area contributed by atoms with E-state index < -0.39 is 17.0 Å². The lowest BCUT2D eigenvalue weighted by atomic mass is 10.1. The van der Waals surface area contributed by atoms with E-state index in [1.807, 2.05) is 31.2 Å². The van der Waals surface area contributed by atoms with Gasteiger partial charge in [-0.2, -0.15) is 0 Å². The summed E-state index contributed by atoms with van der Waals surface area (Å²) in [6.45, 7) is 5.43. The minimum atomic E-state index is -1.26. The quantitative estimate of drug-likeness (QED) is 0.677. The molecule has 7 heteroatoms. The number of hydrogen-bond acceptors (Lipinski definition) is 4. The van der Waals surface area contributed by atoms with Crippen molar-refractivity contribution in [3.63, 3.8) is 0 Å². The first-order valence-electron chi connectivity index (χ1n) is 8.33. The van der Waals surface area contributed by atoms with E-state index in [9.17, 15) is 8.60 Å². The summed E-state index contributed by atoms with van der Waals surface area (Å²) in [5.41, 5.74) is 1.17. The van der Waals surface area contributed by atoms with Crippen molar-refractivity contribution in [2.24, 2.45) is 0 Å². The van der Waals surface area contributed by atoms with Crippen molar-refractivity contribution in [3.05, 3.63) is 46.9 Å². The van der Waals surface area contributed by atoms with E-state index in [-0.39, 0.29) is 16.8 Å². The van der Waals surface area contributed by atoms with E-state index in [0.717, 1.165) is 23.3 Å². The van der Waals surface area contributed by atoms with Gasteiger partial charge in [-0.15, -0.1) is 0 Å². The van der Waals surface area contributed by atoms with Crippen molar-refractivity contribution in [2.45, 2.75) is 50.7 Å². The van der Waals surface area contributed by atoms with E-state index in [1.165, 1.54) is 13.3 Å². The molecule has 0 saturated heterocycles. The van der Waals surface area contributed by atoms with Gasteiger partial charge in [0, 0.05) is 16.7 Å². The monoisotopic (exact) mass is 383 g/mol. The summed E-state index contributed by atoms with van der Waals surface area (Å²) in [5, 5.41) is 3.38. The van der Waals surface area contributed by atoms with E-state index >= 15 is 0 Å². The molecular formula is C18H23ClFN3OS. The number of hydrogen-bond donors (Lipinski definition) is 1. The largest absolute Gasteiger partial charge is 0.362 e. The van der Waals surface area contributed by atoms with Crippen molar-refractivity contribution in [1.29, 1.82) is 0 Å². The van der Waals surface area contributed by atoms with Gasteiger partial charge in [0.1, 0.15) is 23.3 Å². The molecule has 1 aromatic heterocycles. The van der Waals surface area contributed by atoms with Crippen LogP contribution in [0.3, 0.4) is 0 Å². The summed E-state index contributed by atoms with van der Waals surface area (Å²) in [7, 11) is -0.959. The molecule has 1 heterocycles. The molecule has 0 aliphatic heterocycles. The normalized spacial score (nSPS) is 14.8. The summed E-state index contributed by atoms with van der Waals surface area (Å²) in [5.74, 6) is 1.09. The number of nitrogens with one attached hydrogen (secondary N) is 1. The second kappa shape index (κ2) is 9.25. The van der Waals surface area contributed by atoms with Crippen LogP contribution in [0.5, 0.6) is 0 Å². The molecule has 2 rings (SSSR count). The second-order valence-corrected chi connectivity index (χ2v) is 7.82. The van der Waals surface area contributed by atoms with Gasteiger partial charge in [0.25, 0.3) is 0 Å². The standard InChI is InChI=1S/C18H23ClFN3OS/c1-4-5-10-25(24)15-8-6-14(7-9-15)13(3)23-18-16(19)17(12(2)20)21-11-22-18/h6-9,11-13H,4-5,10H2,1-3H3,(H,21,22,23). The molecule has 0 bridgehead atoms. The van der Waals surface area contributed by atoms with E-state index in [0.29, 0.717) is 11.6 Å². The molecule has 4 nitrogen and oxygen atoms in total. The Morgan fingerprint density at radius 1 is 1.24 bits per heavy atom. The van der Waals surface area contributed by atoms with Crippen LogP contribution in [0.1, 0.15) is 57.1 Å². The number of rotatable bonds is 8. The maximum atomic E-state index is 13.5. The summed E-state index contributed by atoms with van der Waals surface area (Å²) < 4.78 is 25.7. The fraction of sp³-hybridized carbons (Fsp3) is 0.444. The van der Waals surface area contributed by atoms with Gasteiger partial charge in [0.15, 0.2) is 0 Å². The lowest BCUT2D eigenvalue weighted by Crippen LogP contribution is -2.10. The van der Waals surface area contributed by atoms with Crippen LogP contribution in [0.25, 0.3) is 0 Å². The highest BCUT2D eigenvalue weighted by Gasteiger charge is 2.16. The molecular weight excluding hydrogens is 361 g/mol. The Bertz CT molecular complexity index is 725. The van der Waals surface area contributed by atoms with Gasteiger partial charge in [-0.05, 0) is 38.0 Å². The smallest absolute Gasteiger partial charge is 0.149 e. The number of anilines is 1. The molecule has 2 aromatic rings. The van der Waals surface area contributed by atoms with Gasteiger partial charge in [-0.3, -0.25) is 4.21 Å². The zero-order chi connectivity index (χ0) is 18.4. The van der Waals surface area contributed by atoms with Crippen LogP contribution in [0.15, 0.2) is 35.5 Å². The molecule has 25 heavy (non-hydrogen) atoms. The van der Waals surface area contributed by atoms with Gasteiger partial charge in [0.05, 0.1) is 16.5 Å². The molecule has 3 atom stereocenters. The van der Waals surface area contributed by atoms with E-state index in [2.05, 4.69) is 22.2 Å². The predicted molar refractivity (Wildman–Crippen MR) is 101 cm³/mol. The lowest BCUT2D eigenvalue weighted by Gasteiger charge is -2.17. The molecule has 0 aliphatic carbocycles. The van der Waals surface area contributed by atoms with Crippen molar-refractivity contribution in [2.75, 3.05) is 11.1 Å². The van der Waals surface area contributed by atoms with Crippen molar-refractivity contribution in [3.8, 4) is 0 Å². The zero-order valence-corrected chi connectivity index (χ0v) is 16.2. The molecule has 1 N–H and O–H groups in total. The van der Waals surface area contributed by atoms with Gasteiger partial charge in [-0.25, -0.2) is 14.4 Å². The van der Waals surface area contributed by atoms with Gasteiger partial charge in [-0.1, -0.05) is 37.1 Å². The Morgan fingerprint density at radius 3 is 2.52 bits per heavy atom. The Morgan fingerprint density at radius 2 is 1.92 bits per heavy atom. The summed E-state index contributed by atoms with van der Waals surface area (Å²) in [4.78, 5) is 8.81. The molecule has 0 spiro atoms. The van der Waals surface area contributed by atoms with Crippen molar-refractivity contribution >= 4 is 28.2 Å². The second-order valence-electron chi connectivity index (χ2n) is 5.88. The number of alkyl halides is 1. The van der Waals surface area contributed by atoms with Gasteiger partial charge < -0.3 is 5.32 Å². The summed E-state index contributed by atoms with van der Waals surface area (Å²) >= 11 is 6.18. The van der Waals surface area contributed by atoms with Crippen LogP contribution >= 0.6 is 11.6 Å². The molecule has 0 fully saturated rings. The number of nitrogens with zero attached hydrogens (tertiary/aromatic N) is 2. The topological polar surface area (TPSA) is 54.9 Å². The fourth-order valence-corrected chi connectivity index (χ4v) is 3.88. The minimum Gasteiger partial charge on any atom is -0.362 e. The van der Waals surface area contributed by atoms with Crippen LogP contribution < -0.4 is 5.32 Å². The Kier molecular flexibility index (Phi) is 7.32. The Hall–Kier alpha value is -1.53. The first-order chi connectivity index (χ1) is 11.9. The van der Waals surface area contributed by atoms with Crippen LogP contribution in [0, 0.1) is 0 Å². The Labute approximate surface area is 155 Å². The summed E-state index contributed by atoms with van der Waals surface area (Å²) in [6.07, 6.45) is 2.02. The Balaban J connectivity index is 2.10. The number of benzene rings is 1. The highest BCUT2D eigenvalue weighted by Crippen LogP contribution is 2.30. The SMILES string of the molecule is CCCCS(=O)c1ccc(C(C)Nc2ncnc(C(C)F)c2Cl)cc1. The van der Waals surface area contributed by atoms with Crippen LogP contribution in [-0.2, 0) is 10.8 Å². The van der Waals surface area contributed by atoms with Gasteiger partial charge >= 0.3 is 0 Å². The third-order valence-corrected chi connectivity index (χ3v) is 5.70. The van der Waals surface area contributed by atoms with Crippen LogP contribution in [-0.4, -0.2) is 19.9 Å². The highest BCUT2D eigenvalue weighted by atomic mass is 35.5. The van der Waals surface area contributed by atoms with Crippen LogP contribution in [0.4, 0.5) is 10.2 Å². The highest BCUT2D eigenvalue weighted by molar-refractivity contribution is 7.85. The third-order valence-electron chi connectivity index (χ3n) is 3.87. The molecule has 136 valence electrons. The first kappa shape index (κ1) is 19.8. The molecule has 3 unspecified atom stereocenters. The van der Waals surface area contributed by atoms with Crippen molar-refractivity contribution in [1.82, 2.24) is 9.97 Å². The average molecular weight is 384 g/mol. The molecule has 0 saturated carbocycles. The minimum absolute atomic E-state index is 0.0895. The zero-order valence-electron chi connectivity index (χ0n) is 14.6. The number of halogens is 2. The average Bonchev–Trinajstić information content (AvgIpc) is 2.61. The van der Waals surface area contributed by atoms with Crippen molar-refractivity contribution < 1.29 is 8.60 Å². The van der Waals surface area contributed by atoms with Gasteiger partial charge in [0.2, 0.25) is 0 Å². The van der Waals surface area contributed by atoms with E-state index in [1.54, 1.807) is 0 Å². The molecule has 0 aliphatic rings. The molecule has 0 amide bonds. The maximum Gasteiger partial charge on any atom is 0.149 e.